The van der Waals surface area contributed by atoms with Gasteiger partial charge >= 0.3 is 5.51 Å². The molecule has 0 aliphatic rings. The summed E-state index contributed by atoms with van der Waals surface area (Å²) in [5.41, 5.74) is -0.569. The molecule has 0 aliphatic carbocycles. The molecular weight excluding hydrogens is 309 g/mol. The average molecular weight is 326 g/mol. The van der Waals surface area contributed by atoms with Crippen molar-refractivity contribution in [2.24, 2.45) is 0 Å². The molecule has 0 aromatic heterocycles. The first-order valence-electron chi connectivity index (χ1n) is 6.78. The Morgan fingerprint density at radius 3 is 1.82 bits per heavy atom. The lowest BCUT2D eigenvalue weighted by Gasteiger charge is -2.16. The Labute approximate surface area is 130 Å². The summed E-state index contributed by atoms with van der Waals surface area (Å²) in [7, 11) is -3.05. The zero-order valence-corrected chi connectivity index (χ0v) is 13.7. The molecule has 0 saturated carbocycles. The second-order valence-electron chi connectivity index (χ2n) is 5.55. The third-order valence-electron chi connectivity index (χ3n) is 3.35. The number of halogens is 3. The van der Waals surface area contributed by atoms with E-state index in [1.54, 1.807) is 19.1 Å². The van der Waals surface area contributed by atoms with Crippen molar-refractivity contribution >= 4 is 10.8 Å². The van der Waals surface area contributed by atoms with Crippen LogP contribution >= 0.6 is 0 Å². The van der Waals surface area contributed by atoms with Gasteiger partial charge in [0.1, 0.15) is 0 Å². The number of alkyl halides is 3. The first kappa shape index (κ1) is 16.7. The Morgan fingerprint density at radius 2 is 1.32 bits per heavy atom. The average Bonchev–Trinajstić information content (AvgIpc) is 2.34. The fourth-order valence-electron chi connectivity index (χ4n) is 2.66. The van der Waals surface area contributed by atoms with Gasteiger partial charge in [-0.05, 0) is 44.4 Å². The lowest BCUT2D eigenvalue weighted by molar-refractivity contribution is -0.0384. The van der Waals surface area contributed by atoms with Crippen LogP contribution in [0.5, 0.6) is 0 Å². The lowest BCUT2D eigenvalue weighted by Crippen LogP contribution is -2.18. The molecule has 0 fully saturated rings. The summed E-state index contributed by atoms with van der Waals surface area (Å²) in [6.07, 6.45) is 0. The van der Waals surface area contributed by atoms with Crippen LogP contribution in [-0.4, -0.2) is 9.72 Å². The van der Waals surface area contributed by atoms with E-state index in [2.05, 4.69) is 0 Å². The van der Waals surface area contributed by atoms with Crippen LogP contribution in [0.2, 0.25) is 0 Å². The van der Waals surface area contributed by atoms with Gasteiger partial charge in [-0.2, -0.15) is 13.2 Å². The van der Waals surface area contributed by atoms with E-state index in [0.29, 0.717) is 16.7 Å². The van der Waals surface area contributed by atoms with E-state index in [-0.39, 0.29) is 4.90 Å². The van der Waals surface area contributed by atoms with Gasteiger partial charge in [-0.25, -0.2) is 4.21 Å². The highest BCUT2D eigenvalue weighted by Crippen LogP contribution is 2.36. The molecule has 1 atom stereocenters. The highest BCUT2D eigenvalue weighted by molar-refractivity contribution is 7.86. The summed E-state index contributed by atoms with van der Waals surface area (Å²) in [6.45, 7) is 7.16. The predicted molar refractivity (Wildman–Crippen MR) is 83.3 cm³/mol. The fraction of sp³-hybridized carbons (Fsp3) is 0.294. The molecule has 0 heterocycles. The number of hydrogen-bond acceptors (Lipinski definition) is 1. The largest absolute Gasteiger partial charge is 0.475 e. The normalized spacial score (nSPS) is 13.2. The van der Waals surface area contributed by atoms with Crippen LogP contribution in [0, 0.1) is 27.7 Å². The van der Waals surface area contributed by atoms with Gasteiger partial charge in [0, 0.05) is 0 Å². The van der Waals surface area contributed by atoms with Crippen LogP contribution in [-0.2, 0) is 10.8 Å². The summed E-state index contributed by atoms with van der Waals surface area (Å²) in [5, 5.41) is 0. The number of aryl methyl sites for hydroxylation is 4. The topological polar surface area (TPSA) is 17.1 Å². The molecule has 0 amide bonds. The summed E-state index contributed by atoms with van der Waals surface area (Å²) in [6, 6.07) is 8.88. The Balaban J connectivity index is 2.77. The maximum Gasteiger partial charge on any atom is 0.475 e. The smallest absolute Gasteiger partial charge is 0.245 e. The molecule has 1 nitrogen and oxygen atoms in total. The molecule has 0 saturated heterocycles. The van der Waals surface area contributed by atoms with Crippen molar-refractivity contribution in [2.45, 2.75) is 38.1 Å². The van der Waals surface area contributed by atoms with E-state index in [1.807, 2.05) is 39.0 Å². The minimum absolute atomic E-state index is 0.150. The third-order valence-corrected chi connectivity index (χ3v) is 4.68. The van der Waals surface area contributed by atoms with E-state index < -0.39 is 16.3 Å². The van der Waals surface area contributed by atoms with Gasteiger partial charge in [-0.3, -0.25) is 0 Å². The quantitative estimate of drug-likeness (QED) is 0.740. The molecule has 22 heavy (non-hydrogen) atoms. The fourth-order valence-corrected chi connectivity index (χ4v) is 3.62. The molecule has 0 aliphatic heterocycles. The molecule has 0 bridgehead atoms. The van der Waals surface area contributed by atoms with Crippen molar-refractivity contribution in [3.63, 3.8) is 0 Å². The standard InChI is InChI=1S/C17H17F3OS/c1-10-5-11(2)8-14(7-10)15-9-12(3)6-13(4)16(15)22(21)17(18,19)20/h5-9H,1-4H3. The summed E-state index contributed by atoms with van der Waals surface area (Å²) >= 11 is 0. The van der Waals surface area contributed by atoms with Crippen LogP contribution < -0.4 is 0 Å². The van der Waals surface area contributed by atoms with Gasteiger partial charge in [-0.15, -0.1) is 0 Å². The zero-order valence-electron chi connectivity index (χ0n) is 12.8. The summed E-state index contributed by atoms with van der Waals surface area (Å²) in [5.74, 6) is 0. The molecule has 0 spiro atoms. The maximum atomic E-state index is 13.0. The molecule has 2 aromatic rings. The van der Waals surface area contributed by atoms with Crippen molar-refractivity contribution < 1.29 is 17.4 Å². The van der Waals surface area contributed by atoms with Gasteiger partial charge in [0.15, 0.2) is 10.8 Å². The molecule has 2 aromatic carbocycles. The van der Waals surface area contributed by atoms with E-state index in [1.165, 1.54) is 0 Å². The Kier molecular flexibility index (Phi) is 4.47. The van der Waals surface area contributed by atoms with Crippen molar-refractivity contribution in [3.8, 4) is 11.1 Å². The molecule has 0 N–H and O–H groups in total. The molecule has 5 heteroatoms. The van der Waals surface area contributed by atoms with E-state index >= 15 is 0 Å². The summed E-state index contributed by atoms with van der Waals surface area (Å²) < 4.78 is 50.9. The number of rotatable bonds is 2. The lowest BCUT2D eigenvalue weighted by atomic mass is 9.97. The van der Waals surface area contributed by atoms with E-state index in [0.717, 1.165) is 16.7 Å². The van der Waals surface area contributed by atoms with Crippen molar-refractivity contribution in [2.75, 3.05) is 0 Å². The van der Waals surface area contributed by atoms with Gasteiger partial charge in [0.2, 0.25) is 0 Å². The highest BCUT2D eigenvalue weighted by atomic mass is 32.2. The molecule has 2 rings (SSSR count). The van der Waals surface area contributed by atoms with Crippen LogP contribution in [0.4, 0.5) is 13.2 Å². The van der Waals surface area contributed by atoms with Crippen molar-refractivity contribution in [3.05, 3.63) is 52.6 Å². The van der Waals surface area contributed by atoms with E-state index in [4.69, 9.17) is 0 Å². The molecule has 118 valence electrons. The number of benzene rings is 2. The predicted octanol–water partition coefficient (Wildman–Crippen LogP) is 5.21. The van der Waals surface area contributed by atoms with Crippen LogP contribution in [0.25, 0.3) is 11.1 Å². The zero-order chi connectivity index (χ0) is 16.7. The molecule has 1 unspecified atom stereocenters. The van der Waals surface area contributed by atoms with Crippen LogP contribution in [0.15, 0.2) is 35.2 Å². The minimum Gasteiger partial charge on any atom is -0.245 e. The van der Waals surface area contributed by atoms with Crippen molar-refractivity contribution in [1.82, 2.24) is 0 Å². The third kappa shape index (κ3) is 3.40. The van der Waals surface area contributed by atoms with Gasteiger partial charge < -0.3 is 0 Å². The first-order valence-corrected chi connectivity index (χ1v) is 7.93. The second kappa shape index (κ2) is 5.88. The van der Waals surface area contributed by atoms with Gasteiger partial charge in [-0.1, -0.05) is 47.0 Å². The number of hydrogen-bond donors (Lipinski definition) is 0. The van der Waals surface area contributed by atoms with Crippen LogP contribution in [0.3, 0.4) is 0 Å². The molecule has 0 radical (unpaired) electrons. The highest BCUT2D eigenvalue weighted by Gasteiger charge is 2.40. The Morgan fingerprint density at radius 1 is 0.818 bits per heavy atom. The SMILES string of the molecule is Cc1cc(C)cc(-c2cc(C)cc(C)c2S(=O)C(F)(F)F)c1. The van der Waals surface area contributed by atoms with Gasteiger partial charge in [0.05, 0.1) is 4.90 Å². The summed E-state index contributed by atoms with van der Waals surface area (Å²) in [4.78, 5) is -0.150. The van der Waals surface area contributed by atoms with Gasteiger partial charge in [0.25, 0.3) is 0 Å². The van der Waals surface area contributed by atoms with Crippen LogP contribution in [0.1, 0.15) is 22.3 Å². The first-order chi connectivity index (χ1) is 10.1. The molecular formula is C17H17F3OS. The minimum atomic E-state index is -4.77. The Hall–Kier alpha value is -1.62. The second-order valence-corrected chi connectivity index (χ2v) is 6.96. The van der Waals surface area contributed by atoms with E-state index in [9.17, 15) is 17.4 Å². The Bertz CT molecular complexity index is 728. The maximum absolute atomic E-state index is 13.0. The monoisotopic (exact) mass is 326 g/mol. The van der Waals surface area contributed by atoms with Crippen molar-refractivity contribution in [1.29, 1.82) is 0 Å².